The Balaban J connectivity index is 0.00000112. The quantitative estimate of drug-likeness (QED) is 0.498. The van der Waals surface area contributed by atoms with Crippen molar-refractivity contribution in [3.8, 4) is 0 Å². The van der Waals surface area contributed by atoms with Crippen LogP contribution in [0.3, 0.4) is 0 Å². The summed E-state index contributed by atoms with van der Waals surface area (Å²) < 4.78 is 0. The van der Waals surface area contributed by atoms with E-state index in [4.69, 9.17) is 0 Å². The fourth-order valence-corrected chi connectivity index (χ4v) is 1.32. The van der Waals surface area contributed by atoms with Gasteiger partial charge in [0.15, 0.2) is 0 Å². The second kappa shape index (κ2) is 6.30. The molecule has 1 heteroatoms. The van der Waals surface area contributed by atoms with Crippen molar-refractivity contribution in [2.45, 2.75) is 0 Å². The summed E-state index contributed by atoms with van der Waals surface area (Å²) in [6.45, 7) is 0. The molecule has 0 aliphatic carbocycles. The summed E-state index contributed by atoms with van der Waals surface area (Å²) in [6.07, 6.45) is 4.24. The van der Waals surface area contributed by atoms with Gasteiger partial charge in [0.05, 0.1) is 0 Å². The summed E-state index contributed by atoms with van der Waals surface area (Å²) in [5.41, 5.74) is 2.47. The third-order valence-corrected chi connectivity index (χ3v) is 2.07. The van der Waals surface area contributed by atoms with E-state index in [0.717, 1.165) is 0 Å². The average molecular weight is 187 g/mol. The van der Waals surface area contributed by atoms with Gasteiger partial charge in [0, 0.05) is 18.9 Å². The van der Waals surface area contributed by atoms with Crippen molar-refractivity contribution in [3.05, 3.63) is 71.8 Å². The van der Waals surface area contributed by atoms with Crippen molar-refractivity contribution in [2.24, 2.45) is 0 Å². The SMILES string of the molecule is C(=Cc1ccccc1)c1ccccc1.[Li]. The molecule has 0 heterocycles. The van der Waals surface area contributed by atoms with Crippen LogP contribution in [0.5, 0.6) is 0 Å². The molecular formula is C14H12Li. The van der Waals surface area contributed by atoms with Crippen molar-refractivity contribution in [3.63, 3.8) is 0 Å². The van der Waals surface area contributed by atoms with Gasteiger partial charge in [-0.05, 0) is 11.1 Å². The Labute approximate surface area is 103 Å². The van der Waals surface area contributed by atoms with Crippen LogP contribution in [0, 0.1) is 0 Å². The zero-order valence-corrected chi connectivity index (χ0v) is 8.93. The standard InChI is InChI=1S/C14H12.Li/c1-3-7-13(8-4-1)11-12-14-9-5-2-6-10-14;/h1-12H;. The van der Waals surface area contributed by atoms with Gasteiger partial charge in [0.2, 0.25) is 0 Å². The van der Waals surface area contributed by atoms with Crippen LogP contribution < -0.4 is 0 Å². The first kappa shape index (κ1) is 11.8. The van der Waals surface area contributed by atoms with E-state index in [1.165, 1.54) is 11.1 Å². The average Bonchev–Trinajstić information content (AvgIpc) is 2.29. The normalized spacial score (nSPS) is 9.87. The Morgan fingerprint density at radius 3 is 1.20 bits per heavy atom. The molecule has 0 unspecified atom stereocenters. The summed E-state index contributed by atoms with van der Waals surface area (Å²) in [5, 5.41) is 0. The second-order valence-electron chi connectivity index (χ2n) is 3.15. The Morgan fingerprint density at radius 2 is 0.867 bits per heavy atom. The third kappa shape index (κ3) is 3.79. The minimum absolute atomic E-state index is 0. The van der Waals surface area contributed by atoms with Crippen molar-refractivity contribution in [1.82, 2.24) is 0 Å². The van der Waals surface area contributed by atoms with Gasteiger partial charge >= 0.3 is 0 Å². The monoisotopic (exact) mass is 187 g/mol. The summed E-state index contributed by atoms with van der Waals surface area (Å²) >= 11 is 0. The maximum Gasteiger partial charge on any atom is 0 e. The van der Waals surface area contributed by atoms with Gasteiger partial charge in [0.25, 0.3) is 0 Å². The predicted octanol–water partition coefficient (Wildman–Crippen LogP) is 3.48. The summed E-state index contributed by atoms with van der Waals surface area (Å²) in [7, 11) is 0. The Bertz CT molecular complexity index is 362. The second-order valence-corrected chi connectivity index (χ2v) is 3.15. The van der Waals surface area contributed by atoms with Gasteiger partial charge in [-0.1, -0.05) is 72.8 Å². The van der Waals surface area contributed by atoms with E-state index in [0.29, 0.717) is 0 Å². The first-order chi connectivity index (χ1) is 6.95. The van der Waals surface area contributed by atoms with E-state index < -0.39 is 0 Å². The summed E-state index contributed by atoms with van der Waals surface area (Å²) in [5.74, 6) is 0. The van der Waals surface area contributed by atoms with Gasteiger partial charge in [-0.25, -0.2) is 0 Å². The molecule has 0 aliphatic rings. The minimum atomic E-state index is 0. The molecule has 0 fully saturated rings. The van der Waals surface area contributed by atoms with E-state index in [-0.39, 0.29) is 18.9 Å². The first-order valence-electron chi connectivity index (χ1n) is 4.73. The summed E-state index contributed by atoms with van der Waals surface area (Å²) in [6, 6.07) is 20.6. The van der Waals surface area contributed by atoms with Crippen LogP contribution in [0.2, 0.25) is 0 Å². The van der Waals surface area contributed by atoms with Crippen molar-refractivity contribution in [2.75, 3.05) is 0 Å². The zero-order chi connectivity index (χ0) is 9.64. The molecule has 0 aliphatic heterocycles. The molecule has 0 aromatic heterocycles. The molecular weight excluding hydrogens is 175 g/mol. The Hall–Kier alpha value is -1.22. The van der Waals surface area contributed by atoms with Crippen LogP contribution in [0.25, 0.3) is 12.2 Å². The molecule has 69 valence electrons. The predicted molar refractivity (Wildman–Crippen MR) is 67.6 cm³/mol. The topological polar surface area (TPSA) is 0 Å². The molecule has 1 radical (unpaired) electrons. The van der Waals surface area contributed by atoms with Crippen LogP contribution in [-0.4, -0.2) is 18.9 Å². The van der Waals surface area contributed by atoms with Gasteiger partial charge in [-0.2, -0.15) is 0 Å². The Morgan fingerprint density at radius 1 is 0.533 bits per heavy atom. The largest absolute Gasteiger partial charge is 0.0622 e. The van der Waals surface area contributed by atoms with E-state index >= 15 is 0 Å². The van der Waals surface area contributed by atoms with Gasteiger partial charge in [-0.15, -0.1) is 0 Å². The van der Waals surface area contributed by atoms with Gasteiger partial charge < -0.3 is 0 Å². The van der Waals surface area contributed by atoms with E-state index in [2.05, 4.69) is 36.4 Å². The first-order valence-corrected chi connectivity index (χ1v) is 4.73. The number of benzene rings is 2. The molecule has 2 rings (SSSR count). The summed E-state index contributed by atoms with van der Waals surface area (Å²) in [4.78, 5) is 0. The molecule has 15 heavy (non-hydrogen) atoms. The maximum atomic E-state index is 2.12. The Kier molecular flexibility index (Phi) is 4.97. The molecule has 2 aromatic carbocycles. The zero-order valence-electron chi connectivity index (χ0n) is 8.93. The number of hydrogen-bond acceptors (Lipinski definition) is 0. The van der Waals surface area contributed by atoms with Crippen molar-refractivity contribution in [1.29, 1.82) is 0 Å². The third-order valence-electron chi connectivity index (χ3n) is 2.07. The van der Waals surface area contributed by atoms with Crippen LogP contribution in [0.1, 0.15) is 11.1 Å². The van der Waals surface area contributed by atoms with Crippen molar-refractivity contribution < 1.29 is 0 Å². The molecule has 0 nitrogen and oxygen atoms in total. The molecule has 0 bridgehead atoms. The smallest absolute Gasteiger partial charge is 0 e. The molecule has 0 saturated heterocycles. The number of hydrogen-bond donors (Lipinski definition) is 0. The molecule has 0 amide bonds. The number of rotatable bonds is 2. The van der Waals surface area contributed by atoms with Crippen LogP contribution >= 0.6 is 0 Å². The van der Waals surface area contributed by atoms with Crippen LogP contribution in [0.4, 0.5) is 0 Å². The maximum absolute atomic E-state index is 2.12. The molecule has 2 aromatic rings. The molecule has 0 N–H and O–H groups in total. The molecule has 0 spiro atoms. The van der Waals surface area contributed by atoms with Crippen LogP contribution in [0.15, 0.2) is 60.7 Å². The van der Waals surface area contributed by atoms with Crippen molar-refractivity contribution >= 4 is 31.0 Å². The van der Waals surface area contributed by atoms with E-state index in [9.17, 15) is 0 Å². The van der Waals surface area contributed by atoms with E-state index in [1.54, 1.807) is 0 Å². The van der Waals surface area contributed by atoms with E-state index in [1.807, 2.05) is 36.4 Å². The fourth-order valence-electron chi connectivity index (χ4n) is 1.32. The minimum Gasteiger partial charge on any atom is -0.0622 e. The fraction of sp³-hybridized carbons (Fsp3) is 0. The molecule has 0 atom stereocenters. The van der Waals surface area contributed by atoms with Crippen LogP contribution in [-0.2, 0) is 0 Å². The van der Waals surface area contributed by atoms with Gasteiger partial charge in [0.1, 0.15) is 0 Å². The van der Waals surface area contributed by atoms with Gasteiger partial charge in [-0.3, -0.25) is 0 Å². The molecule has 0 saturated carbocycles.